The molecule has 19 heavy (non-hydrogen) atoms. The van der Waals surface area contributed by atoms with Gasteiger partial charge >= 0.3 is 0 Å². The third-order valence-corrected chi connectivity index (χ3v) is 3.41. The first-order valence-electron chi connectivity index (χ1n) is 6.55. The lowest BCUT2D eigenvalue weighted by molar-refractivity contribution is 1.03. The largest absolute Gasteiger partial charge is 0.373 e. The minimum Gasteiger partial charge on any atom is -0.373 e. The van der Waals surface area contributed by atoms with E-state index < -0.39 is 0 Å². The molecule has 1 heterocycles. The van der Waals surface area contributed by atoms with E-state index in [1.54, 1.807) is 0 Å². The molecule has 0 radical (unpaired) electrons. The van der Waals surface area contributed by atoms with Crippen molar-refractivity contribution in [2.24, 2.45) is 0 Å². The summed E-state index contributed by atoms with van der Waals surface area (Å²) in [6.07, 6.45) is 0. The second kappa shape index (κ2) is 5.00. The van der Waals surface area contributed by atoms with E-state index in [2.05, 4.69) is 55.1 Å². The summed E-state index contributed by atoms with van der Waals surface area (Å²) in [6, 6.07) is 4.41. The van der Waals surface area contributed by atoms with Gasteiger partial charge in [-0.3, -0.25) is 0 Å². The van der Waals surface area contributed by atoms with Crippen LogP contribution in [-0.2, 0) is 0 Å². The zero-order valence-corrected chi connectivity index (χ0v) is 12.5. The van der Waals surface area contributed by atoms with Crippen LogP contribution < -0.4 is 5.32 Å². The molecule has 0 atom stereocenters. The molecule has 1 N–H and O–H groups in total. The summed E-state index contributed by atoms with van der Waals surface area (Å²) in [5.74, 6) is 1.70. The van der Waals surface area contributed by atoms with Crippen LogP contribution in [0.1, 0.15) is 28.1 Å². The quantitative estimate of drug-likeness (QED) is 0.888. The minimum atomic E-state index is 0.796. The highest BCUT2D eigenvalue weighted by atomic mass is 15.0. The molecular weight excluding hydrogens is 234 g/mol. The molecule has 0 bridgehead atoms. The number of benzene rings is 1. The van der Waals surface area contributed by atoms with Crippen LogP contribution in [0.4, 0.5) is 5.82 Å². The molecule has 0 saturated carbocycles. The first-order valence-corrected chi connectivity index (χ1v) is 6.55. The average molecular weight is 255 g/mol. The molecule has 0 saturated heterocycles. The Balaban J connectivity index is 2.76. The van der Waals surface area contributed by atoms with Gasteiger partial charge in [0.25, 0.3) is 0 Å². The molecular formula is C16H21N3. The Kier molecular flexibility index (Phi) is 3.56. The van der Waals surface area contributed by atoms with E-state index in [0.29, 0.717) is 0 Å². The van der Waals surface area contributed by atoms with Crippen LogP contribution in [0.3, 0.4) is 0 Å². The standard InChI is InChI=1S/C16H21N3/c1-9-7-10(2)14(11(3)8-9)15-12(4)16(17-6)19-13(5)18-15/h7-8H,1-6H3,(H,17,18,19). The van der Waals surface area contributed by atoms with Crippen LogP contribution in [0, 0.1) is 34.6 Å². The lowest BCUT2D eigenvalue weighted by Crippen LogP contribution is -2.04. The Bertz CT molecular complexity index is 607. The number of nitrogens with zero attached hydrogens (tertiary/aromatic N) is 2. The van der Waals surface area contributed by atoms with Gasteiger partial charge in [0.2, 0.25) is 0 Å². The average Bonchev–Trinajstić information content (AvgIpc) is 2.31. The lowest BCUT2D eigenvalue weighted by atomic mass is 9.95. The summed E-state index contributed by atoms with van der Waals surface area (Å²) in [7, 11) is 1.90. The van der Waals surface area contributed by atoms with Gasteiger partial charge in [0.05, 0.1) is 5.69 Å². The van der Waals surface area contributed by atoms with Gasteiger partial charge in [0, 0.05) is 18.2 Å². The number of anilines is 1. The van der Waals surface area contributed by atoms with E-state index in [0.717, 1.165) is 22.9 Å². The molecule has 3 heteroatoms. The van der Waals surface area contributed by atoms with Crippen molar-refractivity contribution in [2.45, 2.75) is 34.6 Å². The summed E-state index contributed by atoms with van der Waals surface area (Å²) < 4.78 is 0. The second-order valence-electron chi connectivity index (χ2n) is 5.12. The molecule has 0 amide bonds. The maximum absolute atomic E-state index is 4.65. The Morgan fingerprint density at radius 1 is 0.895 bits per heavy atom. The molecule has 1 aromatic carbocycles. The normalized spacial score (nSPS) is 10.6. The summed E-state index contributed by atoms with van der Waals surface area (Å²) in [5, 5.41) is 3.15. The Labute approximate surface area is 115 Å². The van der Waals surface area contributed by atoms with Crippen molar-refractivity contribution < 1.29 is 0 Å². The van der Waals surface area contributed by atoms with Gasteiger partial charge in [-0.1, -0.05) is 17.7 Å². The maximum Gasteiger partial charge on any atom is 0.132 e. The predicted molar refractivity (Wildman–Crippen MR) is 80.7 cm³/mol. The van der Waals surface area contributed by atoms with Gasteiger partial charge in [-0.05, 0) is 45.7 Å². The van der Waals surface area contributed by atoms with Crippen LogP contribution in [0.5, 0.6) is 0 Å². The topological polar surface area (TPSA) is 37.8 Å². The van der Waals surface area contributed by atoms with E-state index >= 15 is 0 Å². The van der Waals surface area contributed by atoms with Gasteiger partial charge in [-0.2, -0.15) is 0 Å². The van der Waals surface area contributed by atoms with Gasteiger partial charge in [-0.25, -0.2) is 9.97 Å². The van der Waals surface area contributed by atoms with E-state index in [-0.39, 0.29) is 0 Å². The highest BCUT2D eigenvalue weighted by molar-refractivity contribution is 5.74. The monoisotopic (exact) mass is 255 g/mol. The fraction of sp³-hybridized carbons (Fsp3) is 0.375. The molecule has 3 nitrogen and oxygen atoms in total. The number of nitrogens with one attached hydrogen (secondary N) is 1. The third-order valence-electron chi connectivity index (χ3n) is 3.41. The number of aromatic nitrogens is 2. The van der Waals surface area contributed by atoms with E-state index in [1.807, 2.05) is 14.0 Å². The summed E-state index contributed by atoms with van der Waals surface area (Å²) >= 11 is 0. The van der Waals surface area contributed by atoms with Gasteiger partial charge in [0.15, 0.2) is 0 Å². The van der Waals surface area contributed by atoms with E-state index in [1.165, 1.54) is 22.3 Å². The van der Waals surface area contributed by atoms with Crippen LogP contribution in [0.2, 0.25) is 0 Å². The van der Waals surface area contributed by atoms with Gasteiger partial charge < -0.3 is 5.32 Å². The molecule has 0 aliphatic heterocycles. The van der Waals surface area contributed by atoms with Gasteiger partial charge in [0.1, 0.15) is 11.6 Å². The van der Waals surface area contributed by atoms with Crippen molar-refractivity contribution in [3.8, 4) is 11.3 Å². The van der Waals surface area contributed by atoms with Crippen LogP contribution in [0.15, 0.2) is 12.1 Å². The van der Waals surface area contributed by atoms with Crippen molar-refractivity contribution in [3.05, 3.63) is 40.2 Å². The smallest absolute Gasteiger partial charge is 0.132 e. The van der Waals surface area contributed by atoms with Crippen LogP contribution in [0.25, 0.3) is 11.3 Å². The Morgan fingerprint density at radius 3 is 2.00 bits per heavy atom. The molecule has 0 aliphatic carbocycles. The second-order valence-corrected chi connectivity index (χ2v) is 5.12. The predicted octanol–water partition coefficient (Wildman–Crippen LogP) is 3.73. The number of rotatable bonds is 2. The van der Waals surface area contributed by atoms with Crippen molar-refractivity contribution in [1.82, 2.24) is 9.97 Å². The minimum absolute atomic E-state index is 0.796. The van der Waals surface area contributed by atoms with E-state index in [9.17, 15) is 0 Å². The lowest BCUT2D eigenvalue weighted by Gasteiger charge is -2.15. The van der Waals surface area contributed by atoms with Crippen molar-refractivity contribution in [1.29, 1.82) is 0 Å². The molecule has 100 valence electrons. The molecule has 0 unspecified atom stereocenters. The van der Waals surface area contributed by atoms with Crippen molar-refractivity contribution >= 4 is 5.82 Å². The molecule has 0 spiro atoms. The fourth-order valence-corrected chi connectivity index (χ4v) is 2.67. The highest BCUT2D eigenvalue weighted by Gasteiger charge is 2.14. The first kappa shape index (κ1) is 13.5. The molecule has 0 aliphatic rings. The summed E-state index contributed by atoms with van der Waals surface area (Å²) in [5.41, 5.74) is 7.18. The molecule has 2 rings (SSSR count). The number of hydrogen-bond donors (Lipinski definition) is 1. The van der Waals surface area contributed by atoms with Crippen molar-refractivity contribution in [3.63, 3.8) is 0 Å². The zero-order valence-electron chi connectivity index (χ0n) is 12.5. The molecule has 0 fully saturated rings. The van der Waals surface area contributed by atoms with Gasteiger partial charge in [-0.15, -0.1) is 0 Å². The highest BCUT2D eigenvalue weighted by Crippen LogP contribution is 2.31. The number of aryl methyl sites for hydroxylation is 4. The summed E-state index contributed by atoms with van der Waals surface area (Å²) in [4.78, 5) is 9.08. The third kappa shape index (κ3) is 2.46. The fourth-order valence-electron chi connectivity index (χ4n) is 2.67. The zero-order chi connectivity index (χ0) is 14.2. The first-order chi connectivity index (χ1) is 8.93. The molecule has 1 aromatic heterocycles. The van der Waals surface area contributed by atoms with E-state index in [4.69, 9.17) is 0 Å². The maximum atomic E-state index is 4.65. The van der Waals surface area contributed by atoms with Crippen LogP contribution in [-0.4, -0.2) is 17.0 Å². The SMILES string of the molecule is CNc1nc(C)nc(-c2c(C)cc(C)cc2C)c1C. The number of hydrogen-bond acceptors (Lipinski definition) is 3. The van der Waals surface area contributed by atoms with Crippen molar-refractivity contribution in [2.75, 3.05) is 12.4 Å². The van der Waals surface area contributed by atoms with Crippen LogP contribution >= 0.6 is 0 Å². The Morgan fingerprint density at radius 2 is 1.47 bits per heavy atom. The molecule has 2 aromatic rings. The summed E-state index contributed by atoms with van der Waals surface area (Å²) in [6.45, 7) is 10.4. The Hall–Kier alpha value is -1.90.